The first-order valence-corrected chi connectivity index (χ1v) is 6.26. The molecule has 0 N–H and O–H groups in total. The first-order chi connectivity index (χ1) is 7.93. The Labute approximate surface area is 104 Å². The van der Waals surface area contributed by atoms with Crippen molar-refractivity contribution in [2.75, 3.05) is 20.7 Å². The Hall–Kier alpha value is -1.06. The Morgan fingerprint density at radius 1 is 1.29 bits per heavy atom. The average molecular weight is 243 g/mol. The molecule has 0 saturated carbocycles. The molecule has 0 radical (unpaired) electrons. The zero-order valence-electron chi connectivity index (χ0n) is 11.7. The molecule has 0 rings (SSSR count). The average Bonchev–Trinajstić information content (AvgIpc) is 2.28. The first kappa shape index (κ1) is 15.9. The summed E-state index contributed by atoms with van der Waals surface area (Å²) in [5.74, 6) is -0.582. The van der Waals surface area contributed by atoms with Gasteiger partial charge in [0, 0.05) is 13.6 Å². The number of esters is 1. The van der Waals surface area contributed by atoms with E-state index in [1.54, 1.807) is 11.9 Å². The summed E-state index contributed by atoms with van der Waals surface area (Å²) in [7, 11) is 3.06. The molecule has 1 amide bonds. The molecule has 0 aliphatic carbocycles. The van der Waals surface area contributed by atoms with Crippen molar-refractivity contribution in [1.82, 2.24) is 4.90 Å². The van der Waals surface area contributed by atoms with Crippen molar-refractivity contribution in [3.8, 4) is 0 Å². The summed E-state index contributed by atoms with van der Waals surface area (Å²) in [5.41, 5.74) is 0. The summed E-state index contributed by atoms with van der Waals surface area (Å²) in [6.45, 7) is 6.84. The van der Waals surface area contributed by atoms with Gasteiger partial charge in [-0.25, -0.2) is 0 Å². The van der Waals surface area contributed by atoms with Gasteiger partial charge in [0.15, 0.2) is 0 Å². The van der Waals surface area contributed by atoms with Crippen LogP contribution in [0.15, 0.2) is 0 Å². The van der Waals surface area contributed by atoms with Gasteiger partial charge in [0.1, 0.15) is 5.92 Å². The third-order valence-corrected chi connectivity index (χ3v) is 2.84. The maximum absolute atomic E-state index is 12.0. The van der Waals surface area contributed by atoms with Crippen molar-refractivity contribution in [3.63, 3.8) is 0 Å². The highest BCUT2D eigenvalue weighted by Gasteiger charge is 2.27. The number of rotatable bonds is 7. The zero-order chi connectivity index (χ0) is 13.4. The number of amides is 1. The summed E-state index contributed by atoms with van der Waals surface area (Å²) in [6.07, 6.45) is 2.55. The minimum absolute atomic E-state index is 0.136. The lowest BCUT2D eigenvalue weighted by molar-refractivity contribution is -0.153. The number of nitrogens with zero attached hydrogens (tertiary/aromatic N) is 1. The molecule has 0 aliphatic heterocycles. The molecule has 1 unspecified atom stereocenters. The Morgan fingerprint density at radius 3 is 2.29 bits per heavy atom. The van der Waals surface area contributed by atoms with Crippen LogP contribution in [0.25, 0.3) is 0 Å². The molecule has 0 aromatic rings. The summed E-state index contributed by atoms with van der Waals surface area (Å²) >= 11 is 0. The molecule has 0 fully saturated rings. The van der Waals surface area contributed by atoms with E-state index in [0.717, 1.165) is 12.8 Å². The van der Waals surface area contributed by atoms with E-state index >= 15 is 0 Å². The van der Waals surface area contributed by atoms with E-state index in [4.69, 9.17) is 0 Å². The van der Waals surface area contributed by atoms with Gasteiger partial charge in [0.25, 0.3) is 0 Å². The molecule has 4 heteroatoms. The highest BCUT2D eigenvalue weighted by atomic mass is 16.5. The van der Waals surface area contributed by atoms with Crippen LogP contribution in [0, 0.1) is 11.8 Å². The summed E-state index contributed by atoms with van der Waals surface area (Å²) in [6, 6.07) is 0. The Balaban J connectivity index is 4.22. The van der Waals surface area contributed by atoms with E-state index in [0.29, 0.717) is 18.9 Å². The molecular weight excluding hydrogens is 218 g/mol. The zero-order valence-corrected chi connectivity index (χ0v) is 11.7. The van der Waals surface area contributed by atoms with Crippen molar-refractivity contribution in [2.24, 2.45) is 11.8 Å². The second-order valence-corrected chi connectivity index (χ2v) is 4.78. The summed E-state index contributed by atoms with van der Waals surface area (Å²) < 4.78 is 4.63. The SMILES string of the molecule is CCC(C(=O)OC)C(=O)N(C)CCCC(C)C. The topological polar surface area (TPSA) is 46.6 Å². The first-order valence-electron chi connectivity index (χ1n) is 6.26. The standard InChI is InChI=1S/C13H25NO3/c1-6-11(13(16)17-5)12(15)14(4)9-7-8-10(2)3/h10-11H,6-9H2,1-5H3. The predicted molar refractivity (Wildman–Crippen MR) is 67.5 cm³/mol. The van der Waals surface area contributed by atoms with Crippen LogP contribution in [0.5, 0.6) is 0 Å². The number of carbonyl (C=O) groups is 2. The van der Waals surface area contributed by atoms with Gasteiger partial charge >= 0.3 is 5.97 Å². The molecule has 0 spiro atoms. The lowest BCUT2D eigenvalue weighted by atomic mass is 10.0. The van der Waals surface area contributed by atoms with Crippen molar-refractivity contribution in [1.29, 1.82) is 0 Å². The Bertz CT molecular complexity index is 251. The van der Waals surface area contributed by atoms with Crippen molar-refractivity contribution in [3.05, 3.63) is 0 Å². The second-order valence-electron chi connectivity index (χ2n) is 4.78. The van der Waals surface area contributed by atoms with Crippen molar-refractivity contribution >= 4 is 11.9 Å². The predicted octanol–water partition coefficient (Wildman–Crippen LogP) is 2.08. The number of ether oxygens (including phenoxy) is 1. The van der Waals surface area contributed by atoms with E-state index < -0.39 is 11.9 Å². The Morgan fingerprint density at radius 2 is 1.88 bits per heavy atom. The van der Waals surface area contributed by atoms with Gasteiger partial charge in [-0.2, -0.15) is 0 Å². The van der Waals surface area contributed by atoms with Crippen LogP contribution in [-0.4, -0.2) is 37.5 Å². The van der Waals surface area contributed by atoms with E-state index in [1.807, 2.05) is 6.92 Å². The van der Waals surface area contributed by atoms with Crippen LogP contribution < -0.4 is 0 Å². The van der Waals surface area contributed by atoms with Crippen LogP contribution in [0.4, 0.5) is 0 Å². The largest absolute Gasteiger partial charge is 0.468 e. The molecule has 0 aromatic carbocycles. The summed E-state index contributed by atoms with van der Waals surface area (Å²) in [4.78, 5) is 25.0. The van der Waals surface area contributed by atoms with Crippen LogP contribution in [-0.2, 0) is 14.3 Å². The molecule has 100 valence electrons. The third kappa shape index (κ3) is 5.71. The number of hydrogen-bond acceptors (Lipinski definition) is 3. The van der Waals surface area contributed by atoms with Gasteiger partial charge in [-0.05, 0) is 25.2 Å². The van der Waals surface area contributed by atoms with Crippen molar-refractivity contribution < 1.29 is 14.3 Å². The second kappa shape index (κ2) is 8.09. The fourth-order valence-electron chi connectivity index (χ4n) is 1.70. The number of hydrogen-bond donors (Lipinski definition) is 0. The van der Waals surface area contributed by atoms with Crippen LogP contribution >= 0.6 is 0 Å². The molecule has 0 aliphatic rings. The van der Waals surface area contributed by atoms with Crippen LogP contribution in [0.2, 0.25) is 0 Å². The van der Waals surface area contributed by atoms with Gasteiger partial charge in [-0.1, -0.05) is 20.8 Å². The van der Waals surface area contributed by atoms with Gasteiger partial charge < -0.3 is 9.64 Å². The highest BCUT2D eigenvalue weighted by Crippen LogP contribution is 2.11. The fraction of sp³-hybridized carbons (Fsp3) is 0.846. The molecule has 0 aromatic heterocycles. The normalized spacial score (nSPS) is 12.4. The van der Waals surface area contributed by atoms with Crippen LogP contribution in [0.1, 0.15) is 40.0 Å². The van der Waals surface area contributed by atoms with E-state index in [9.17, 15) is 9.59 Å². The van der Waals surface area contributed by atoms with Crippen LogP contribution in [0.3, 0.4) is 0 Å². The molecule has 0 saturated heterocycles. The maximum Gasteiger partial charge on any atom is 0.318 e. The van der Waals surface area contributed by atoms with Gasteiger partial charge in [0.2, 0.25) is 5.91 Å². The fourth-order valence-corrected chi connectivity index (χ4v) is 1.70. The van der Waals surface area contributed by atoms with Gasteiger partial charge in [0.05, 0.1) is 7.11 Å². The van der Waals surface area contributed by atoms with E-state index in [-0.39, 0.29) is 5.91 Å². The van der Waals surface area contributed by atoms with Crippen molar-refractivity contribution in [2.45, 2.75) is 40.0 Å². The molecular formula is C13H25NO3. The molecule has 4 nitrogen and oxygen atoms in total. The Kier molecular flexibility index (Phi) is 7.59. The monoisotopic (exact) mass is 243 g/mol. The minimum atomic E-state index is -0.649. The molecule has 17 heavy (non-hydrogen) atoms. The third-order valence-electron chi connectivity index (χ3n) is 2.84. The summed E-state index contributed by atoms with van der Waals surface area (Å²) in [5, 5.41) is 0. The quantitative estimate of drug-likeness (QED) is 0.508. The van der Waals surface area contributed by atoms with E-state index in [1.165, 1.54) is 7.11 Å². The maximum atomic E-state index is 12.0. The molecule has 0 heterocycles. The minimum Gasteiger partial charge on any atom is -0.468 e. The number of methoxy groups -OCH3 is 1. The molecule has 1 atom stereocenters. The molecule has 0 bridgehead atoms. The highest BCUT2D eigenvalue weighted by molar-refractivity contribution is 5.97. The smallest absolute Gasteiger partial charge is 0.318 e. The lowest BCUT2D eigenvalue weighted by Gasteiger charge is -2.21. The van der Waals surface area contributed by atoms with Gasteiger partial charge in [-0.3, -0.25) is 9.59 Å². The lowest BCUT2D eigenvalue weighted by Crippen LogP contribution is -2.37. The van der Waals surface area contributed by atoms with Gasteiger partial charge in [-0.15, -0.1) is 0 Å². The number of carbonyl (C=O) groups excluding carboxylic acids is 2. The van der Waals surface area contributed by atoms with E-state index in [2.05, 4.69) is 18.6 Å².